The van der Waals surface area contributed by atoms with Crippen molar-refractivity contribution in [1.29, 1.82) is 0 Å². The SMILES string of the molecule is C[C@@H](Nc1c(Cl)cnc2ccc(-c3ccc(C(O)(CF)CF)cc3)cc12)c1ccccc1F. The molecule has 0 aliphatic rings. The Morgan fingerprint density at radius 1 is 1.00 bits per heavy atom. The highest BCUT2D eigenvalue weighted by atomic mass is 35.5. The maximum Gasteiger partial charge on any atom is 0.146 e. The summed E-state index contributed by atoms with van der Waals surface area (Å²) >= 11 is 6.46. The van der Waals surface area contributed by atoms with Crippen LogP contribution in [0.25, 0.3) is 22.0 Å². The van der Waals surface area contributed by atoms with Gasteiger partial charge in [-0.25, -0.2) is 13.2 Å². The summed E-state index contributed by atoms with van der Waals surface area (Å²) in [6.45, 7) is -0.573. The fourth-order valence-electron chi connectivity index (χ4n) is 3.78. The summed E-state index contributed by atoms with van der Waals surface area (Å²) in [6, 6.07) is 18.2. The average molecular weight is 471 g/mol. The van der Waals surface area contributed by atoms with Gasteiger partial charge in [-0.05, 0) is 41.8 Å². The number of pyridine rings is 1. The van der Waals surface area contributed by atoms with Crippen molar-refractivity contribution in [3.05, 3.63) is 94.9 Å². The van der Waals surface area contributed by atoms with E-state index in [1.54, 1.807) is 36.5 Å². The molecule has 0 radical (unpaired) electrons. The van der Waals surface area contributed by atoms with Gasteiger partial charge in [0.2, 0.25) is 0 Å². The van der Waals surface area contributed by atoms with Gasteiger partial charge in [0, 0.05) is 17.1 Å². The Bertz CT molecular complexity index is 1280. The minimum absolute atomic E-state index is 0.169. The summed E-state index contributed by atoms with van der Waals surface area (Å²) in [4.78, 5) is 4.38. The predicted octanol–water partition coefficient (Wildman–Crippen LogP) is 6.99. The van der Waals surface area contributed by atoms with Crippen LogP contribution in [-0.4, -0.2) is 23.4 Å². The first-order valence-electron chi connectivity index (χ1n) is 10.4. The Morgan fingerprint density at radius 3 is 2.33 bits per heavy atom. The first-order valence-corrected chi connectivity index (χ1v) is 10.8. The van der Waals surface area contributed by atoms with E-state index < -0.39 is 19.0 Å². The molecule has 7 heteroatoms. The third-order valence-electron chi connectivity index (χ3n) is 5.75. The first kappa shape index (κ1) is 23.1. The van der Waals surface area contributed by atoms with Crippen LogP contribution < -0.4 is 5.32 Å². The van der Waals surface area contributed by atoms with Crippen LogP contribution in [0.3, 0.4) is 0 Å². The number of alkyl halides is 2. The van der Waals surface area contributed by atoms with Crippen molar-refractivity contribution in [2.75, 3.05) is 18.7 Å². The molecule has 1 atom stereocenters. The fourth-order valence-corrected chi connectivity index (χ4v) is 3.98. The van der Waals surface area contributed by atoms with Gasteiger partial charge in [0.1, 0.15) is 24.8 Å². The van der Waals surface area contributed by atoms with Gasteiger partial charge in [0.15, 0.2) is 0 Å². The van der Waals surface area contributed by atoms with E-state index in [1.807, 2.05) is 25.1 Å². The third-order valence-corrected chi connectivity index (χ3v) is 6.04. The molecule has 0 spiro atoms. The highest BCUT2D eigenvalue weighted by molar-refractivity contribution is 6.34. The Kier molecular flexibility index (Phi) is 6.58. The molecule has 4 rings (SSSR count). The van der Waals surface area contributed by atoms with Crippen molar-refractivity contribution >= 4 is 28.2 Å². The van der Waals surface area contributed by atoms with Gasteiger partial charge in [0.05, 0.1) is 22.3 Å². The van der Waals surface area contributed by atoms with Gasteiger partial charge in [-0.3, -0.25) is 4.98 Å². The van der Waals surface area contributed by atoms with E-state index in [0.29, 0.717) is 21.8 Å². The first-order chi connectivity index (χ1) is 15.9. The maximum absolute atomic E-state index is 14.3. The van der Waals surface area contributed by atoms with E-state index in [1.165, 1.54) is 18.2 Å². The normalized spacial score (nSPS) is 12.7. The number of benzene rings is 3. The highest BCUT2D eigenvalue weighted by Crippen LogP contribution is 2.36. The highest BCUT2D eigenvalue weighted by Gasteiger charge is 2.29. The Hall–Kier alpha value is -3.09. The fraction of sp³-hybridized carbons (Fsp3) is 0.192. The number of rotatable bonds is 7. The molecule has 1 heterocycles. The molecule has 3 nitrogen and oxygen atoms in total. The van der Waals surface area contributed by atoms with Crippen LogP contribution >= 0.6 is 11.6 Å². The summed E-state index contributed by atoms with van der Waals surface area (Å²) in [5, 5.41) is 14.5. The predicted molar refractivity (Wildman–Crippen MR) is 126 cm³/mol. The smallest absolute Gasteiger partial charge is 0.146 e. The second-order valence-electron chi connectivity index (χ2n) is 7.98. The number of aromatic nitrogens is 1. The largest absolute Gasteiger partial charge is 0.380 e. The number of aliphatic hydroxyl groups is 1. The van der Waals surface area contributed by atoms with Crippen LogP contribution in [0.2, 0.25) is 5.02 Å². The lowest BCUT2D eigenvalue weighted by molar-refractivity contribution is -0.0111. The van der Waals surface area contributed by atoms with Crippen molar-refractivity contribution in [3.63, 3.8) is 0 Å². The zero-order valence-corrected chi connectivity index (χ0v) is 18.6. The summed E-state index contributed by atoms with van der Waals surface area (Å²) in [5.41, 5.74) is 1.48. The van der Waals surface area contributed by atoms with Gasteiger partial charge in [-0.1, -0.05) is 60.1 Å². The maximum atomic E-state index is 14.3. The molecular weight excluding hydrogens is 449 g/mol. The summed E-state index contributed by atoms with van der Waals surface area (Å²) < 4.78 is 40.5. The monoisotopic (exact) mass is 470 g/mol. The summed E-state index contributed by atoms with van der Waals surface area (Å²) in [6.07, 6.45) is 1.55. The van der Waals surface area contributed by atoms with Gasteiger partial charge in [-0.2, -0.15) is 0 Å². The quantitative estimate of drug-likeness (QED) is 0.306. The van der Waals surface area contributed by atoms with Gasteiger partial charge in [-0.15, -0.1) is 0 Å². The van der Waals surface area contributed by atoms with Gasteiger partial charge >= 0.3 is 0 Å². The topological polar surface area (TPSA) is 45.2 Å². The van der Waals surface area contributed by atoms with E-state index in [2.05, 4.69) is 10.3 Å². The minimum atomic E-state index is -2.14. The minimum Gasteiger partial charge on any atom is -0.380 e. The number of nitrogens with one attached hydrogen (secondary N) is 1. The zero-order chi connectivity index (χ0) is 23.6. The van der Waals surface area contributed by atoms with Crippen molar-refractivity contribution < 1.29 is 18.3 Å². The number of halogens is 4. The zero-order valence-electron chi connectivity index (χ0n) is 17.8. The molecule has 4 aromatic rings. The lowest BCUT2D eigenvalue weighted by Crippen LogP contribution is -2.30. The van der Waals surface area contributed by atoms with Crippen molar-refractivity contribution in [3.8, 4) is 11.1 Å². The lowest BCUT2D eigenvalue weighted by Gasteiger charge is -2.22. The molecule has 33 heavy (non-hydrogen) atoms. The van der Waals surface area contributed by atoms with Crippen LogP contribution in [-0.2, 0) is 5.60 Å². The van der Waals surface area contributed by atoms with Crippen LogP contribution in [0.1, 0.15) is 24.1 Å². The Balaban J connectivity index is 1.72. The van der Waals surface area contributed by atoms with Crippen LogP contribution in [0.15, 0.2) is 72.9 Å². The van der Waals surface area contributed by atoms with Crippen LogP contribution in [0, 0.1) is 5.82 Å². The molecule has 1 aromatic heterocycles. The molecule has 0 fully saturated rings. The van der Waals surface area contributed by atoms with Crippen molar-refractivity contribution in [1.82, 2.24) is 4.98 Å². The number of anilines is 1. The van der Waals surface area contributed by atoms with E-state index >= 15 is 0 Å². The molecule has 0 aliphatic heterocycles. The second kappa shape index (κ2) is 9.41. The number of hydrogen-bond acceptors (Lipinski definition) is 3. The molecule has 3 aromatic carbocycles. The number of nitrogens with zero attached hydrogens (tertiary/aromatic N) is 1. The molecule has 170 valence electrons. The molecule has 0 amide bonds. The molecule has 0 unspecified atom stereocenters. The third kappa shape index (κ3) is 4.54. The Morgan fingerprint density at radius 2 is 1.67 bits per heavy atom. The summed E-state index contributed by atoms with van der Waals surface area (Å²) in [5.74, 6) is -0.311. The Labute approximate surface area is 194 Å². The van der Waals surface area contributed by atoms with E-state index in [-0.39, 0.29) is 17.4 Å². The summed E-state index contributed by atoms with van der Waals surface area (Å²) in [7, 11) is 0. The van der Waals surface area contributed by atoms with Gasteiger partial charge < -0.3 is 10.4 Å². The van der Waals surface area contributed by atoms with E-state index in [0.717, 1.165) is 16.5 Å². The molecule has 2 N–H and O–H groups in total. The van der Waals surface area contributed by atoms with E-state index in [9.17, 15) is 18.3 Å². The number of hydrogen-bond donors (Lipinski definition) is 2. The standard InChI is InChI=1S/C26H22ClF3N2O/c1-16(20-4-2-3-5-23(20)30)32-25-21-12-18(8-11-24(21)31-13-22(25)27)17-6-9-19(10-7-17)26(33,14-28)15-29/h2-13,16,33H,14-15H2,1H3,(H,31,32)/t16-/m1/s1. The second-order valence-corrected chi connectivity index (χ2v) is 8.38. The van der Waals surface area contributed by atoms with Crippen molar-refractivity contribution in [2.45, 2.75) is 18.6 Å². The molecule has 0 aliphatic carbocycles. The number of fused-ring (bicyclic) bond motifs is 1. The van der Waals surface area contributed by atoms with Crippen LogP contribution in [0.5, 0.6) is 0 Å². The van der Waals surface area contributed by atoms with Crippen LogP contribution in [0.4, 0.5) is 18.9 Å². The molecular formula is C26H22ClF3N2O. The van der Waals surface area contributed by atoms with E-state index in [4.69, 9.17) is 11.6 Å². The van der Waals surface area contributed by atoms with Gasteiger partial charge in [0.25, 0.3) is 0 Å². The lowest BCUT2D eigenvalue weighted by atomic mass is 9.94. The van der Waals surface area contributed by atoms with Crippen molar-refractivity contribution in [2.24, 2.45) is 0 Å². The average Bonchev–Trinajstić information content (AvgIpc) is 2.85. The molecule has 0 saturated carbocycles. The molecule has 0 saturated heterocycles. The molecule has 0 bridgehead atoms.